The number of nitrogens with one attached hydrogen (secondary N) is 2. The predicted molar refractivity (Wildman–Crippen MR) is 121 cm³/mol. The van der Waals surface area contributed by atoms with Crippen LogP contribution in [0.2, 0.25) is 0 Å². The van der Waals surface area contributed by atoms with Gasteiger partial charge in [0.1, 0.15) is 5.82 Å². The highest BCUT2D eigenvalue weighted by atomic mass is 19.4. The minimum absolute atomic E-state index is 0.0250. The lowest BCUT2D eigenvalue weighted by Gasteiger charge is -2.55. The Morgan fingerprint density at radius 1 is 1.03 bits per heavy atom. The molecule has 2 amide bonds. The maximum absolute atomic E-state index is 13.0. The standard InChI is InChI=1S/C25H33F3N4O2/c26-25(27,28)19-1-2-21(30-15-19)32-7-4-20(5-8-32)31-22(33)3-6-29-23(34)24-12-16-9-17(13-24)11-18(10-16)14-24/h1-2,15-18,20H,3-14H2,(H,29,34)(H,31,33). The maximum Gasteiger partial charge on any atom is 0.417 e. The molecule has 186 valence electrons. The molecule has 0 unspecified atom stereocenters. The monoisotopic (exact) mass is 478 g/mol. The van der Waals surface area contributed by atoms with Crippen LogP contribution in [0.3, 0.4) is 0 Å². The number of nitrogens with zero attached hydrogens (tertiary/aromatic N) is 2. The highest BCUT2D eigenvalue weighted by Gasteiger charge is 2.54. The van der Waals surface area contributed by atoms with Crippen LogP contribution in [-0.4, -0.2) is 42.5 Å². The molecule has 1 aliphatic heterocycles. The van der Waals surface area contributed by atoms with Gasteiger partial charge in [-0.1, -0.05) is 0 Å². The molecule has 4 bridgehead atoms. The van der Waals surface area contributed by atoms with E-state index in [1.165, 1.54) is 25.3 Å². The van der Waals surface area contributed by atoms with Crippen LogP contribution < -0.4 is 15.5 Å². The fraction of sp³-hybridized carbons (Fsp3) is 0.720. The average Bonchev–Trinajstić information content (AvgIpc) is 2.78. The van der Waals surface area contributed by atoms with Gasteiger partial charge in [-0.2, -0.15) is 13.2 Å². The number of piperidine rings is 1. The molecule has 1 saturated heterocycles. The summed E-state index contributed by atoms with van der Waals surface area (Å²) < 4.78 is 38.2. The summed E-state index contributed by atoms with van der Waals surface area (Å²) in [5.41, 5.74) is -0.946. The molecule has 2 heterocycles. The van der Waals surface area contributed by atoms with Gasteiger partial charge in [0.05, 0.1) is 5.56 Å². The van der Waals surface area contributed by atoms with Crippen molar-refractivity contribution in [3.63, 3.8) is 0 Å². The van der Waals surface area contributed by atoms with Gasteiger partial charge >= 0.3 is 6.18 Å². The summed E-state index contributed by atoms with van der Waals surface area (Å²) >= 11 is 0. The van der Waals surface area contributed by atoms with E-state index in [1.807, 2.05) is 4.90 Å². The molecule has 0 radical (unpaired) electrons. The topological polar surface area (TPSA) is 74.3 Å². The second-order valence-electron chi connectivity index (χ2n) is 10.9. The van der Waals surface area contributed by atoms with Gasteiger partial charge in [-0.3, -0.25) is 9.59 Å². The van der Waals surface area contributed by atoms with Crippen LogP contribution in [0.15, 0.2) is 18.3 Å². The van der Waals surface area contributed by atoms with Gasteiger partial charge in [-0.25, -0.2) is 4.98 Å². The number of amides is 2. The summed E-state index contributed by atoms with van der Waals surface area (Å²) in [5.74, 6) is 2.73. The predicted octanol–water partition coefficient (Wildman–Crippen LogP) is 3.91. The van der Waals surface area contributed by atoms with Crippen molar-refractivity contribution in [3.05, 3.63) is 23.9 Å². The Bertz CT molecular complexity index is 874. The number of pyridine rings is 1. The number of hydrogen-bond acceptors (Lipinski definition) is 4. The lowest BCUT2D eigenvalue weighted by atomic mass is 9.49. The van der Waals surface area contributed by atoms with Crippen LogP contribution >= 0.6 is 0 Å². The number of halogens is 3. The summed E-state index contributed by atoms with van der Waals surface area (Å²) in [7, 11) is 0. The molecule has 0 spiro atoms. The molecule has 4 aliphatic carbocycles. The van der Waals surface area contributed by atoms with Gasteiger partial charge in [0.15, 0.2) is 0 Å². The average molecular weight is 479 g/mol. The largest absolute Gasteiger partial charge is 0.417 e. The number of alkyl halides is 3. The van der Waals surface area contributed by atoms with E-state index < -0.39 is 11.7 Å². The number of aromatic nitrogens is 1. The summed E-state index contributed by atoms with van der Waals surface area (Å²) in [6, 6.07) is 2.47. The van der Waals surface area contributed by atoms with Crippen molar-refractivity contribution in [2.24, 2.45) is 23.2 Å². The summed E-state index contributed by atoms with van der Waals surface area (Å²) in [6.45, 7) is 1.60. The zero-order chi connectivity index (χ0) is 23.9. The molecule has 5 fully saturated rings. The Morgan fingerprint density at radius 3 is 2.18 bits per heavy atom. The molecule has 0 atom stereocenters. The van der Waals surface area contributed by atoms with Crippen molar-refractivity contribution >= 4 is 17.6 Å². The van der Waals surface area contributed by atoms with E-state index in [4.69, 9.17) is 0 Å². The minimum Gasteiger partial charge on any atom is -0.356 e. The van der Waals surface area contributed by atoms with Gasteiger partial charge in [0.2, 0.25) is 11.8 Å². The second-order valence-corrected chi connectivity index (χ2v) is 10.9. The number of carbonyl (C=O) groups excluding carboxylic acids is 2. The quantitative estimate of drug-likeness (QED) is 0.650. The molecule has 1 aromatic heterocycles. The summed E-state index contributed by atoms with van der Waals surface area (Å²) in [6.07, 6.45) is 5.07. The molecule has 0 aromatic carbocycles. The first kappa shape index (κ1) is 23.4. The first-order valence-electron chi connectivity index (χ1n) is 12.6. The molecule has 6 rings (SSSR count). The molecule has 5 aliphatic rings. The first-order chi connectivity index (χ1) is 16.2. The van der Waals surface area contributed by atoms with Crippen molar-refractivity contribution in [2.45, 2.75) is 70.0 Å². The van der Waals surface area contributed by atoms with E-state index in [1.54, 1.807) is 0 Å². The maximum atomic E-state index is 13.0. The molecule has 9 heteroatoms. The molecule has 1 aromatic rings. The number of anilines is 1. The van der Waals surface area contributed by atoms with E-state index >= 15 is 0 Å². The Morgan fingerprint density at radius 2 is 1.65 bits per heavy atom. The van der Waals surface area contributed by atoms with Crippen molar-refractivity contribution in [1.29, 1.82) is 0 Å². The first-order valence-corrected chi connectivity index (χ1v) is 12.6. The molecule has 6 nitrogen and oxygen atoms in total. The summed E-state index contributed by atoms with van der Waals surface area (Å²) in [4.78, 5) is 31.3. The van der Waals surface area contributed by atoms with Crippen molar-refractivity contribution in [3.8, 4) is 0 Å². The lowest BCUT2D eigenvalue weighted by molar-refractivity contribution is -0.146. The van der Waals surface area contributed by atoms with Crippen molar-refractivity contribution < 1.29 is 22.8 Å². The van der Waals surface area contributed by atoms with Crippen LogP contribution in [-0.2, 0) is 15.8 Å². The molecular formula is C25H33F3N4O2. The Hall–Kier alpha value is -2.32. The van der Waals surface area contributed by atoms with Crippen LogP contribution in [0.1, 0.15) is 63.4 Å². The molecule has 34 heavy (non-hydrogen) atoms. The normalized spacial score (nSPS) is 30.9. The van der Waals surface area contributed by atoms with Crippen LogP contribution in [0.4, 0.5) is 19.0 Å². The smallest absolute Gasteiger partial charge is 0.356 e. The van der Waals surface area contributed by atoms with E-state index in [0.717, 1.165) is 31.5 Å². The third-order valence-electron chi connectivity index (χ3n) is 8.42. The summed E-state index contributed by atoms with van der Waals surface area (Å²) in [5, 5.41) is 6.10. The highest BCUT2D eigenvalue weighted by molar-refractivity contribution is 5.84. The zero-order valence-corrected chi connectivity index (χ0v) is 19.4. The van der Waals surface area contributed by atoms with Crippen molar-refractivity contribution in [2.75, 3.05) is 24.5 Å². The van der Waals surface area contributed by atoms with E-state index in [2.05, 4.69) is 15.6 Å². The van der Waals surface area contributed by atoms with Crippen LogP contribution in [0, 0.1) is 23.2 Å². The highest BCUT2D eigenvalue weighted by Crippen LogP contribution is 2.60. The SMILES string of the molecule is O=C(CCNC(=O)C12CC3CC(CC(C3)C1)C2)NC1CCN(c2ccc(C(F)(F)F)cn2)CC1. The lowest BCUT2D eigenvalue weighted by Crippen LogP contribution is -2.54. The minimum atomic E-state index is -4.39. The number of hydrogen-bond donors (Lipinski definition) is 2. The van der Waals surface area contributed by atoms with E-state index in [-0.39, 0.29) is 29.7 Å². The third kappa shape index (κ3) is 4.89. The zero-order valence-electron chi connectivity index (χ0n) is 19.4. The van der Waals surface area contributed by atoms with Gasteiger partial charge in [0, 0.05) is 43.7 Å². The van der Waals surface area contributed by atoms with Gasteiger partial charge in [0.25, 0.3) is 0 Å². The van der Waals surface area contributed by atoms with Crippen molar-refractivity contribution in [1.82, 2.24) is 15.6 Å². The van der Waals surface area contributed by atoms with E-state index in [0.29, 0.717) is 56.0 Å². The number of carbonyl (C=O) groups is 2. The Kier molecular flexibility index (Phi) is 6.23. The number of rotatable bonds is 6. The Labute approximate surface area is 198 Å². The van der Waals surface area contributed by atoms with E-state index in [9.17, 15) is 22.8 Å². The van der Waals surface area contributed by atoms with Gasteiger partial charge in [-0.05, 0) is 81.3 Å². The van der Waals surface area contributed by atoms with Crippen LogP contribution in [0.25, 0.3) is 0 Å². The van der Waals surface area contributed by atoms with Crippen LogP contribution in [0.5, 0.6) is 0 Å². The third-order valence-corrected chi connectivity index (χ3v) is 8.42. The Balaban J connectivity index is 1.03. The fourth-order valence-electron chi connectivity index (χ4n) is 7.16. The van der Waals surface area contributed by atoms with Gasteiger partial charge < -0.3 is 15.5 Å². The fourth-order valence-corrected chi connectivity index (χ4v) is 7.16. The molecule has 2 N–H and O–H groups in total. The second kappa shape index (κ2) is 9.04. The van der Waals surface area contributed by atoms with Gasteiger partial charge in [-0.15, -0.1) is 0 Å². The molecular weight excluding hydrogens is 445 g/mol. The molecule has 4 saturated carbocycles.